The number of piperidine rings is 1. The lowest BCUT2D eigenvalue weighted by molar-refractivity contribution is -0.265. The highest BCUT2D eigenvalue weighted by Crippen LogP contribution is 2.40. The first-order valence-electron chi connectivity index (χ1n) is 45.1. The second-order valence-electron chi connectivity index (χ2n) is 34.9. The van der Waals surface area contributed by atoms with Crippen LogP contribution in [0, 0.1) is 35.5 Å². The zero-order chi connectivity index (χ0) is 91.1. The van der Waals surface area contributed by atoms with Gasteiger partial charge in [0, 0.05) is 135 Å². The molecule has 5 aliphatic rings. The van der Waals surface area contributed by atoms with Crippen molar-refractivity contribution in [2.45, 2.75) is 244 Å². The molecule has 12 rings (SSSR count). The first kappa shape index (κ1) is 96.8. The number of carbonyl (C=O) groups is 5. The van der Waals surface area contributed by atoms with Crippen molar-refractivity contribution in [3.8, 4) is 16.9 Å². The van der Waals surface area contributed by atoms with Crippen LogP contribution in [0.1, 0.15) is 187 Å². The van der Waals surface area contributed by atoms with E-state index in [1.165, 1.54) is 18.3 Å². The van der Waals surface area contributed by atoms with Crippen molar-refractivity contribution >= 4 is 80.8 Å². The van der Waals surface area contributed by atoms with Crippen LogP contribution in [0.5, 0.6) is 0 Å². The molecule has 8 N–H and O–H groups in total. The number of aromatic nitrogens is 12. The number of piperazine rings is 1. The molecular weight excluding hydrogens is 1650 g/mol. The molecule has 10 heterocycles. The number of unbranched alkanes of at least 4 members (excludes halogenated alkanes) is 2. The molecule has 1 amide bonds. The zero-order valence-electron chi connectivity index (χ0n) is 75.3. The number of ketones is 3. The Morgan fingerprint density at radius 2 is 1.48 bits per heavy atom. The minimum Gasteiger partial charge on any atom is -0.460 e. The van der Waals surface area contributed by atoms with Crippen molar-refractivity contribution in [3.05, 3.63) is 114 Å². The van der Waals surface area contributed by atoms with Crippen LogP contribution in [0.4, 0.5) is 23.7 Å². The van der Waals surface area contributed by atoms with Gasteiger partial charge in [-0.05, 0) is 144 Å². The van der Waals surface area contributed by atoms with Gasteiger partial charge in [-0.15, -0.1) is 5.10 Å². The molecule has 4 aliphatic heterocycles. The molecule has 36 nitrogen and oxygen atoms in total. The molecule has 3 saturated heterocycles. The summed E-state index contributed by atoms with van der Waals surface area (Å²) in [7, 11) is 4.65. The number of carbonyl (C=O) groups excluding carboxylic acids is 5. The fraction of sp³-hybridized carbons (Fsp3) is 0.609. The molecule has 1 aromatic carbocycles. The maximum atomic E-state index is 14.8. The van der Waals surface area contributed by atoms with Crippen molar-refractivity contribution in [1.82, 2.24) is 64.6 Å². The number of anilines is 4. The van der Waals surface area contributed by atoms with Gasteiger partial charge >= 0.3 is 5.97 Å². The second-order valence-corrected chi connectivity index (χ2v) is 34.9. The number of amides is 1. The Labute approximate surface area is 746 Å². The fourth-order valence-corrected chi connectivity index (χ4v) is 17.8. The first-order valence-corrected chi connectivity index (χ1v) is 45.1. The Balaban J connectivity index is 0.605. The van der Waals surface area contributed by atoms with E-state index in [0.29, 0.717) is 210 Å². The fourth-order valence-electron chi connectivity index (χ4n) is 17.8. The Hall–Kier alpha value is -10.3. The topological polar surface area (TPSA) is 466 Å². The van der Waals surface area contributed by atoms with Crippen LogP contribution in [0.15, 0.2) is 113 Å². The van der Waals surface area contributed by atoms with Crippen LogP contribution in [0.25, 0.3) is 39.1 Å². The average molecular weight is 1770 g/mol. The van der Waals surface area contributed by atoms with Crippen molar-refractivity contribution in [1.29, 1.82) is 0 Å². The van der Waals surface area contributed by atoms with E-state index in [2.05, 4.69) is 53.1 Å². The molecule has 1 aliphatic carbocycles. The quantitative estimate of drug-likeness (QED) is 0.00608. The van der Waals surface area contributed by atoms with Gasteiger partial charge in [-0.25, -0.2) is 44.1 Å². The number of benzene rings is 1. The molecule has 6 aromatic heterocycles. The summed E-state index contributed by atoms with van der Waals surface area (Å²) in [6, 6.07) is 4.42. The van der Waals surface area contributed by atoms with E-state index in [-0.39, 0.29) is 86.2 Å². The van der Waals surface area contributed by atoms with Crippen molar-refractivity contribution in [2.24, 2.45) is 40.7 Å². The highest BCUT2D eigenvalue weighted by Gasteiger charge is 2.53. The molecule has 2 bridgehead atoms. The summed E-state index contributed by atoms with van der Waals surface area (Å²) in [5.74, 6) is -5.89. The number of hydrogen-bond donors (Lipinski definition) is 6. The standard InChI is InChI=1S/C92H128N18O18/c1-56-20-13-11-14-21-57(2)76(120-8)47-69-28-25-62(7)92(119,128-69)84(116)87(117)108-32-18-16-23-71(108)88(118)126-77(59(4)44-63-26-29-73(113)78(45-63)121-9)48-74(114)58(3)43-61(6)82(115)83(122-10)80(60(5)42-56)104-125-54-66-53-110(105-102-66)67-51-97-91(98-52-67)107-36-34-106(35-37-107)90-95-49-65(50-96-90)72(112)24-19-38-123-40-41-124-39-31-68(111)22-15-12-17-33-109-86-79(85(93)99-55-100-86)81(103-109)64-27-30-75-70(46-64)101-89(94)127-75/h11,13-14,20-21,27,30,43,46,49-53,55-56,58-60,62-63,69,71,73-74,76-78,82-83,113-115,119H,12,15-19,22-26,28-29,31-42,44-45,47-48,54H2,1-10H3,(H2,94,101)(H2,93,99,100)/b14-11+,20-13+,57-21+,61-43+,104-80?/t56-,58-,59-,60-,62-,63+,69+,71+,73-,74-,76+,77+,78-,82-,83+,92-/m1/s1. The van der Waals surface area contributed by atoms with Crippen LogP contribution < -0.4 is 21.3 Å². The van der Waals surface area contributed by atoms with E-state index in [0.717, 1.165) is 30.4 Å². The second kappa shape index (κ2) is 46.3. The summed E-state index contributed by atoms with van der Waals surface area (Å²) in [6.45, 7) is 17.4. The summed E-state index contributed by atoms with van der Waals surface area (Å²) < 4.78 is 50.7. The number of nitrogens with two attached hydrogens (primary N) is 2. The van der Waals surface area contributed by atoms with Gasteiger partial charge in [-0.1, -0.05) is 87.9 Å². The number of hydrogen-bond acceptors (Lipinski definition) is 33. The normalized spacial score (nSPS) is 28.0. The van der Waals surface area contributed by atoms with Crippen LogP contribution in [-0.4, -0.2) is 261 Å². The molecule has 0 radical (unpaired) electrons. The number of nitrogen functional groups attached to an aromatic ring is 2. The molecule has 0 unspecified atom stereocenters. The lowest BCUT2D eigenvalue weighted by Crippen LogP contribution is -2.61. The number of ether oxygens (including phenoxy) is 7. The van der Waals surface area contributed by atoms with E-state index in [1.807, 2.05) is 73.7 Å². The smallest absolute Gasteiger partial charge is 0.329 e. The number of nitrogens with zero attached hydrogens (tertiary/aromatic N) is 16. The van der Waals surface area contributed by atoms with Gasteiger partial charge in [0.25, 0.3) is 17.7 Å². The van der Waals surface area contributed by atoms with Gasteiger partial charge < -0.3 is 89.0 Å². The lowest BCUT2D eigenvalue weighted by Gasteiger charge is -2.43. The number of allylic oxidation sites excluding steroid dienone is 5. The number of fused-ring (bicyclic) bond motifs is 5. The SMILES string of the molecule is CO[C@H]1C[C@@H]2CC[C@@H](C)[C@@](O)(O2)C(=O)C(=O)N2CCCC[C@H]2C(=O)O[C@H]([C@H](C)C[C@@H]2CC[C@@H](O)[C@H](OC)C2)C[C@@H](O)[C@H](C)/C=C(\C)[C@@H](O)[C@@H](OC)C(=NOCc2cn(-c3cnc(N4CCN(c5ncc(C(=O)CCCOCCOCCC(=O)CCCCCn6nc(-c7ccc8oc(N)nc8c7)c7c(N)ncnc76)cn5)CC4)nc3)nn2)[C@H](C)C[C@H](C)/C=C/C=C/C=C/1C. The van der Waals surface area contributed by atoms with Gasteiger partial charge in [-0.2, -0.15) is 10.1 Å². The Morgan fingerprint density at radius 3 is 2.22 bits per heavy atom. The van der Waals surface area contributed by atoms with Crippen LogP contribution in [0.2, 0.25) is 0 Å². The van der Waals surface area contributed by atoms with Crippen LogP contribution in [0.3, 0.4) is 0 Å². The van der Waals surface area contributed by atoms with E-state index >= 15 is 0 Å². The molecule has 0 spiro atoms. The molecule has 36 heteroatoms. The number of aliphatic hydroxyl groups is 4. The van der Waals surface area contributed by atoms with Crippen molar-refractivity contribution in [3.63, 3.8) is 0 Å². The van der Waals surface area contributed by atoms with Gasteiger partial charge in [-0.3, -0.25) is 19.2 Å². The number of oxazole rings is 1. The van der Waals surface area contributed by atoms with E-state index in [9.17, 15) is 44.4 Å². The minimum atomic E-state index is -2.46. The third-order valence-corrected chi connectivity index (χ3v) is 25.5. The number of aliphatic hydroxyl groups excluding tert-OH is 3. The van der Waals surface area contributed by atoms with Crippen molar-refractivity contribution in [2.75, 3.05) is 102 Å². The summed E-state index contributed by atoms with van der Waals surface area (Å²) in [5, 5.41) is 66.5. The number of cyclic esters (lactones) is 1. The molecule has 4 fully saturated rings. The molecule has 128 heavy (non-hydrogen) atoms. The van der Waals surface area contributed by atoms with E-state index in [1.54, 1.807) is 75.9 Å². The van der Waals surface area contributed by atoms with Crippen molar-refractivity contribution < 1.29 is 86.8 Å². The number of Topliss-reactive ketones (excluding diaryl/α,β-unsaturated/α-hetero) is 3. The predicted octanol–water partition coefficient (Wildman–Crippen LogP) is 9.79. The van der Waals surface area contributed by atoms with Gasteiger partial charge in [0.1, 0.15) is 64.9 Å². The Kier molecular flexibility index (Phi) is 35.0. The highest BCUT2D eigenvalue weighted by molar-refractivity contribution is 6.39. The number of aryl methyl sites for hydroxylation is 1. The molecule has 16 atom stereocenters. The summed E-state index contributed by atoms with van der Waals surface area (Å²) >= 11 is 0. The van der Waals surface area contributed by atoms with Gasteiger partial charge in [0.2, 0.25) is 17.7 Å². The molecule has 7 aromatic rings. The molecule has 694 valence electrons. The first-order chi connectivity index (χ1) is 61.7. The molecule has 1 saturated carbocycles. The van der Waals surface area contributed by atoms with E-state index in [4.69, 9.17) is 74.1 Å². The minimum absolute atomic E-state index is 0.0180. The average Bonchev–Trinajstić information content (AvgIpc) is 1.51. The lowest BCUT2D eigenvalue weighted by atomic mass is 9.78. The monoisotopic (exact) mass is 1770 g/mol. The number of esters is 1. The third kappa shape index (κ3) is 25.2. The van der Waals surface area contributed by atoms with Crippen LogP contribution in [-0.2, 0) is 70.3 Å². The summed E-state index contributed by atoms with van der Waals surface area (Å²) in [5.41, 5.74) is 18.4. The van der Waals surface area contributed by atoms with Crippen LogP contribution >= 0.6 is 0 Å². The number of oxime groups is 1. The molecular formula is C92H128N18O18. The Morgan fingerprint density at radius 1 is 0.742 bits per heavy atom. The zero-order valence-corrected chi connectivity index (χ0v) is 75.3. The number of methoxy groups -OCH3 is 3. The predicted molar refractivity (Wildman–Crippen MR) is 477 cm³/mol. The largest absolute Gasteiger partial charge is 0.460 e. The maximum Gasteiger partial charge on any atom is 0.329 e. The van der Waals surface area contributed by atoms with E-state index < -0.39 is 84.1 Å². The Bertz CT molecular complexity index is 4990. The van der Waals surface area contributed by atoms with Gasteiger partial charge in [0.05, 0.1) is 85.6 Å². The summed E-state index contributed by atoms with van der Waals surface area (Å²) in [4.78, 5) is 113. The number of rotatable bonds is 30. The summed E-state index contributed by atoms with van der Waals surface area (Å²) in [6.07, 6.45) is 24.0. The van der Waals surface area contributed by atoms with Gasteiger partial charge in [0.15, 0.2) is 23.6 Å². The third-order valence-electron chi connectivity index (χ3n) is 25.5. The highest BCUT2D eigenvalue weighted by atomic mass is 16.6. The maximum absolute atomic E-state index is 14.8.